The van der Waals surface area contributed by atoms with E-state index in [-0.39, 0.29) is 11.9 Å². The van der Waals surface area contributed by atoms with E-state index in [1.807, 2.05) is 14.1 Å². The minimum Gasteiger partial charge on any atom is -0.496 e. The fourth-order valence-corrected chi connectivity index (χ4v) is 3.69. The molecule has 0 unspecified atom stereocenters. The van der Waals surface area contributed by atoms with Crippen LogP contribution >= 0.6 is 0 Å². The van der Waals surface area contributed by atoms with Gasteiger partial charge in [-0.2, -0.15) is 0 Å². The highest BCUT2D eigenvalue weighted by Crippen LogP contribution is 2.29. The van der Waals surface area contributed by atoms with Crippen LogP contribution in [0.4, 0.5) is 5.69 Å². The lowest BCUT2D eigenvalue weighted by Gasteiger charge is -2.35. The van der Waals surface area contributed by atoms with Crippen molar-refractivity contribution in [2.24, 2.45) is 0 Å². The number of amides is 1. The summed E-state index contributed by atoms with van der Waals surface area (Å²) in [5.41, 5.74) is 2.71. The van der Waals surface area contributed by atoms with Crippen molar-refractivity contribution >= 4 is 11.6 Å². The van der Waals surface area contributed by atoms with Gasteiger partial charge in [-0.25, -0.2) is 0 Å². The average molecular weight is 414 g/mol. The lowest BCUT2D eigenvalue weighted by atomic mass is 10.0. The van der Waals surface area contributed by atoms with Gasteiger partial charge in [0, 0.05) is 39.4 Å². The molecule has 1 saturated heterocycles. The molecule has 30 heavy (non-hydrogen) atoms. The van der Waals surface area contributed by atoms with Crippen LogP contribution < -0.4 is 19.7 Å². The molecule has 0 aromatic heterocycles. The molecule has 0 aliphatic carbocycles. The van der Waals surface area contributed by atoms with E-state index >= 15 is 0 Å². The molecule has 1 aliphatic rings. The summed E-state index contributed by atoms with van der Waals surface area (Å²) >= 11 is 0. The third kappa shape index (κ3) is 5.04. The van der Waals surface area contributed by atoms with Crippen molar-refractivity contribution in [3.8, 4) is 11.5 Å². The Morgan fingerprint density at radius 1 is 1.07 bits per heavy atom. The van der Waals surface area contributed by atoms with Gasteiger partial charge < -0.3 is 24.4 Å². The van der Waals surface area contributed by atoms with Crippen LogP contribution in [-0.4, -0.2) is 72.0 Å². The number of hydrogen-bond donors (Lipinski definition) is 1. The molecule has 1 aliphatic heterocycles. The Morgan fingerprint density at radius 3 is 2.20 bits per heavy atom. The zero-order chi connectivity index (χ0) is 21.5. The topological polar surface area (TPSA) is 63.3 Å². The Hall–Kier alpha value is -2.77. The Morgan fingerprint density at radius 2 is 1.67 bits per heavy atom. The van der Waals surface area contributed by atoms with Crippen molar-refractivity contribution in [1.82, 2.24) is 10.2 Å². The number of methoxy groups -OCH3 is 2. The highest BCUT2D eigenvalue weighted by Gasteiger charge is 2.25. The molecule has 1 fully saturated rings. The number of ether oxygens (including phenoxy) is 3. The molecule has 162 valence electrons. The molecule has 7 nitrogen and oxygen atoms in total. The van der Waals surface area contributed by atoms with E-state index in [4.69, 9.17) is 14.2 Å². The molecule has 3 rings (SSSR count). The summed E-state index contributed by atoms with van der Waals surface area (Å²) in [4.78, 5) is 17.5. The molecule has 1 atom stereocenters. The Bertz CT molecular complexity index is 811. The van der Waals surface area contributed by atoms with Crippen LogP contribution in [-0.2, 0) is 4.74 Å². The smallest absolute Gasteiger partial charge is 0.258 e. The van der Waals surface area contributed by atoms with E-state index in [2.05, 4.69) is 39.4 Å². The lowest BCUT2D eigenvalue weighted by molar-refractivity contribution is 0.0162. The van der Waals surface area contributed by atoms with Crippen molar-refractivity contribution in [3.05, 3.63) is 53.6 Å². The fourth-order valence-electron chi connectivity index (χ4n) is 3.69. The third-order valence-corrected chi connectivity index (χ3v) is 5.39. The van der Waals surface area contributed by atoms with Crippen molar-refractivity contribution in [1.29, 1.82) is 0 Å². The summed E-state index contributed by atoms with van der Waals surface area (Å²) in [6.07, 6.45) is 0. The summed E-state index contributed by atoms with van der Waals surface area (Å²) in [7, 11) is 7.15. The molecule has 0 radical (unpaired) electrons. The number of hydrogen-bond acceptors (Lipinski definition) is 6. The maximum absolute atomic E-state index is 13.0. The molecule has 7 heteroatoms. The molecule has 1 N–H and O–H groups in total. The number of benzene rings is 2. The number of rotatable bonds is 8. The van der Waals surface area contributed by atoms with Crippen LogP contribution in [0.25, 0.3) is 0 Å². The Kier molecular flexibility index (Phi) is 7.54. The quantitative estimate of drug-likeness (QED) is 0.718. The van der Waals surface area contributed by atoms with Crippen LogP contribution in [0.15, 0.2) is 42.5 Å². The Balaban J connectivity index is 1.81. The lowest BCUT2D eigenvalue weighted by Crippen LogP contribution is -2.43. The average Bonchev–Trinajstić information content (AvgIpc) is 2.79. The van der Waals surface area contributed by atoms with Crippen molar-refractivity contribution in [2.75, 3.05) is 66.1 Å². The Labute approximate surface area is 178 Å². The molecular weight excluding hydrogens is 382 g/mol. The van der Waals surface area contributed by atoms with Crippen LogP contribution in [0.3, 0.4) is 0 Å². The van der Waals surface area contributed by atoms with Crippen LogP contribution in [0.5, 0.6) is 11.5 Å². The molecule has 1 heterocycles. The second kappa shape index (κ2) is 10.3. The molecule has 1 amide bonds. The van der Waals surface area contributed by atoms with Gasteiger partial charge >= 0.3 is 0 Å². The van der Waals surface area contributed by atoms with Crippen molar-refractivity contribution in [2.45, 2.75) is 6.04 Å². The molecule has 0 bridgehead atoms. The second-order valence-electron chi connectivity index (χ2n) is 7.40. The number of nitrogens with zero attached hydrogens (tertiary/aromatic N) is 2. The molecule has 2 aromatic carbocycles. The first-order chi connectivity index (χ1) is 14.5. The number of carbonyl (C=O) groups is 1. The minimum atomic E-state index is -0.215. The summed E-state index contributed by atoms with van der Waals surface area (Å²) in [5.74, 6) is 0.766. The molecular formula is C23H31N3O4. The van der Waals surface area contributed by atoms with Crippen LogP contribution in [0, 0.1) is 0 Å². The van der Waals surface area contributed by atoms with E-state index in [1.165, 1.54) is 0 Å². The fraction of sp³-hybridized carbons (Fsp3) is 0.435. The summed E-state index contributed by atoms with van der Waals surface area (Å²) < 4.78 is 16.3. The number of carbonyl (C=O) groups excluding carboxylic acids is 1. The van der Waals surface area contributed by atoms with Gasteiger partial charge in [0.2, 0.25) is 0 Å². The van der Waals surface area contributed by atoms with Crippen molar-refractivity contribution in [3.63, 3.8) is 0 Å². The standard InChI is InChI=1S/C23H31N3O4/c1-25(2)18-10-8-17(9-11-18)19(26-12-14-30-15-13-26)16-24-23(27)22-20(28-3)6-5-7-21(22)29-4/h5-11,19H,12-16H2,1-4H3,(H,24,27)/t19-/m0/s1. The SMILES string of the molecule is COc1cccc(OC)c1C(=O)NC[C@@H](c1ccc(N(C)C)cc1)N1CCOCC1. The van der Waals surface area contributed by atoms with Gasteiger partial charge in [-0.15, -0.1) is 0 Å². The highest BCUT2D eigenvalue weighted by molar-refractivity contribution is 5.99. The first-order valence-corrected chi connectivity index (χ1v) is 10.1. The molecule has 0 spiro atoms. The van der Waals surface area contributed by atoms with Gasteiger partial charge in [-0.1, -0.05) is 18.2 Å². The summed E-state index contributed by atoms with van der Waals surface area (Å²) in [6.45, 7) is 3.52. The maximum atomic E-state index is 13.0. The van der Waals surface area contributed by atoms with Gasteiger partial charge in [0.25, 0.3) is 5.91 Å². The predicted octanol–water partition coefficient (Wildman–Crippen LogP) is 2.57. The predicted molar refractivity (Wildman–Crippen MR) is 118 cm³/mol. The number of morpholine rings is 1. The van der Waals surface area contributed by atoms with E-state index in [0.29, 0.717) is 36.8 Å². The third-order valence-electron chi connectivity index (χ3n) is 5.39. The van der Waals surface area contributed by atoms with Gasteiger partial charge in [-0.05, 0) is 29.8 Å². The highest BCUT2D eigenvalue weighted by atomic mass is 16.5. The maximum Gasteiger partial charge on any atom is 0.258 e. The van der Waals surface area contributed by atoms with E-state index in [1.54, 1.807) is 32.4 Å². The van der Waals surface area contributed by atoms with Crippen LogP contribution in [0.1, 0.15) is 22.0 Å². The van der Waals surface area contributed by atoms with Gasteiger partial charge in [0.05, 0.1) is 33.5 Å². The minimum absolute atomic E-state index is 0.0507. The zero-order valence-electron chi connectivity index (χ0n) is 18.2. The first-order valence-electron chi connectivity index (χ1n) is 10.1. The summed E-state index contributed by atoms with van der Waals surface area (Å²) in [5, 5.41) is 3.09. The molecule has 0 saturated carbocycles. The van der Waals surface area contributed by atoms with Crippen molar-refractivity contribution < 1.29 is 19.0 Å². The molecule has 2 aromatic rings. The first kappa shape index (κ1) is 21.9. The monoisotopic (exact) mass is 413 g/mol. The van der Waals surface area contributed by atoms with Gasteiger partial charge in [0.15, 0.2) is 0 Å². The normalized spacial score (nSPS) is 15.3. The van der Waals surface area contributed by atoms with E-state index < -0.39 is 0 Å². The number of anilines is 1. The van der Waals surface area contributed by atoms with E-state index in [0.717, 1.165) is 24.3 Å². The second-order valence-corrected chi connectivity index (χ2v) is 7.40. The van der Waals surface area contributed by atoms with Crippen LogP contribution in [0.2, 0.25) is 0 Å². The zero-order valence-corrected chi connectivity index (χ0v) is 18.2. The number of nitrogens with one attached hydrogen (secondary N) is 1. The summed E-state index contributed by atoms with van der Waals surface area (Å²) in [6, 6.07) is 13.8. The largest absolute Gasteiger partial charge is 0.496 e. The van der Waals surface area contributed by atoms with E-state index in [9.17, 15) is 4.79 Å². The van der Waals surface area contributed by atoms with Gasteiger partial charge in [-0.3, -0.25) is 9.69 Å². The van der Waals surface area contributed by atoms with Gasteiger partial charge in [0.1, 0.15) is 17.1 Å².